The Bertz CT molecular complexity index is 843. The highest BCUT2D eigenvalue weighted by molar-refractivity contribution is 5.80. The van der Waals surface area contributed by atoms with E-state index in [0.29, 0.717) is 12.6 Å². The van der Waals surface area contributed by atoms with Gasteiger partial charge in [0, 0.05) is 18.2 Å². The molecule has 0 spiro atoms. The molecule has 0 saturated heterocycles. The zero-order chi connectivity index (χ0) is 17.2. The van der Waals surface area contributed by atoms with E-state index in [-0.39, 0.29) is 0 Å². The summed E-state index contributed by atoms with van der Waals surface area (Å²) in [7, 11) is 0. The first-order valence-corrected chi connectivity index (χ1v) is 9.34. The van der Waals surface area contributed by atoms with Crippen LogP contribution in [0.15, 0.2) is 36.4 Å². The Morgan fingerprint density at radius 2 is 2.00 bits per heavy atom. The molecule has 2 heteroatoms. The molecule has 2 aliphatic rings. The molecule has 0 amide bonds. The lowest BCUT2D eigenvalue weighted by Gasteiger charge is -2.41. The summed E-state index contributed by atoms with van der Waals surface area (Å²) >= 11 is 0. The molecule has 0 N–H and O–H groups in total. The molecule has 1 unspecified atom stereocenters. The molecule has 0 radical (unpaired) electrons. The first kappa shape index (κ1) is 16.2. The minimum atomic E-state index is 0.452. The Hall–Kier alpha value is -2.24. The third-order valence-corrected chi connectivity index (χ3v) is 5.42. The average molecular weight is 331 g/mol. The predicted octanol–water partition coefficient (Wildman–Crippen LogP) is 4.62. The number of rotatable bonds is 4. The van der Waals surface area contributed by atoms with Gasteiger partial charge in [-0.25, -0.2) is 0 Å². The van der Waals surface area contributed by atoms with E-state index in [2.05, 4.69) is 60.1 Å². The minimum Gasteiger partial charge on any atom is -0.480 e. The summed E-state index contributed by atoms with van der Waals surface area (Å²) < 4.78 is 6.02. The van der Waals surface area contributed by atoms with Gasteiger partial charge in [0.15, 0.2) is 0 Å². The Balaban J connectivity index is 1.82. The second-order valence-electron chi connectivity index (χ2n) is 6.89. The Morgan fingerprint density at radius 1 is 1.16 bits per heavy atom. The van der Waals surface area contributed by atoms with Crippen LogP contribution in [0.25, 0.3) is 11.1 Å². The average Bonchev–Trinajstić information content (AvgIpc) is 2.64. The van der Waals surface area contributed by atoms with E-state index in [4.69, 9.17) is 4.74 Å². The SMILES string of the molecule is CC#CCOc1cccc2c1-c1cccc3c1C(C2)N(CCC)CC3. The van der Waals surface area contributed by atoms with Crippen molar-refractivity contribution in [1.29, 1.82) is 0 Å². The molecule has 1 atom stereocenters. The topological polar surface area (TPSA) is 12.5 Å². The van der Waals surface area contributed by atoms with Crippen molar-refractivity contribution < 1.29 is 4.74 Å². The monoisotopic (exact) mass is 331 g/mol. The van der Waals surface area contributed by atoms with Crippen molar-refractivity contribution in [2.75, 3.05) is 19.7 Å². The van der Waals surface area contributed by atoms with Crippen molar-refractivity contribution in [3.63, 3.8) is 0 Å². The Morgan fingerprint density at radius 3 is 2.84 bits per heavy atom. The summed E-state index contributed by atoms with van der Waals surface area (Å²) in [5, 5.41) is 0. The van der Waals surface area contributed by atoms with E-state index in [1.807, 2.05) is 6.92 Å². The van der Waals surface area contributed by atoms with E-state index in [1.54, 1.807) is 0 Å². The van der Waals surface area contributed by atoms with E-state index < -0.39 is 0 Å². The van der Waals surface area contributed by atoms with Crippen LogP contribution in [0.5, 0.6) is 5.75 Å². The van der Waals surface area contributed by atoms with E-state index >= 15 is 0 Å². The van der Waals surface area contributed by atoms with Crippen LogP contribution in [-0.2, 0) is 12.8 Å². The smallest absolute Gasteiger partial charge is 0.149 e. The molecule has 1 heterocycles. The summed E-state index contributed by atoms with van der Waals surface area (Å²) in [6.45, 7) is 6.93. The molecule has 128 valence electrons. The Labute approximate surface area is 150 Å². The molecule has 2 aromatic rings. The zero-order valence-corrected chi connectivity index (χ0v) is 15.1. The van der Waals surface area contributed by atoms with Gasteiger partial charge in [-0.2, -0.15) is 0 Å². The van der Waals surface area contributed by atoms with Crippen LogP contribution in [0.3, 0.4) is 0 Å². The first-order valence-electron chi connectivity index (χ1n) is 9.34. The van der Waals surface area contributed by atoms with Crippen molar-refractivity contribution in [3.05, 3.63) is 53.1 Å². The van der Waals surface area contributed by atoms with Crippen molar-refractivity contribution >= 4 is 0 Å². The lowest BCUT2D eigenvalue weighted by atomic mass is 9.77. The van der Waals surface area contributed by atoms with E-state index in [9.17, 15) is 0 Å². The van der Waals surface area contributed by atoms with Gasteiger partial charge in [0.1, 0.15) is 12.4 Å². The van der Waals surface area contributed by atoms with Gasteiger partial charge < -0.3 is 4.74 Å². The fourth-order valence-electron chi connectivity index (χ4n) is 4.40. The molecule has 0 aromatic heterocycles. The fraction of sp³-hybridized carbons (Fsp3) is 0.391. The van der Waals surface area contributed by atoms with Crippen LogP contribution < -0.4 is 4.74 Å². The third kappa shape index (κ3) is 2.83. The highest BCUT2D eigenvalue weighted by Gasteiger charge is 2.34. The van der Waals surface area contributed by atoms with Crippen molar-refractivity contribution in [1.82, 2.24) is 4.90 Å². The molecule has 0 saturated carbocycles. The number of hydrogen-bond acceptors (Lipinski definition) is 2. The van der Waals surface area contributed by atoms with Crippen molar-refractivity contribution in [2.45, 2.75) is 39.2 Å². The number of benzene rings is 2. The van der Waals surface area contributed by atoms with Gasteiger partial charge in [0.2, 0.25) is 0 Å². The largest absolute Gasteiger partial charge is 0.480 e. The molecule has 1 aliphatic heterocycles. The van der Waals surface area contributed by atoms with E-state index in [0.717, 1.165) is 18.6 Å². The number of nitrogens with zero attached hydrogens (tertiary/aromatic N) is 1. The van der Waals surface area contributed by atoms with Crippen molar-refractivity contribution in [3.8, 4) is 28.7 Å². The lowest BCUT2D eigenvalue weighted by Crippen LogP contribution is -2.38. The molecule has 25 heavy (non-hydrogen) atoms. The normalized spacial score (nSPS) is 17.9. The van der Waals surface area contributed by atoms with Gasteiger partial charge in [-0.15, -0.1) is 5.92 Å². The van der Waals surface area contributed by atoms with Crippen LogP contribution in [0.1, 0.15) is 43.0 Å². The number of fused-ring (bicyclic) bond motifs is 2. The molecular weight excluding hydrogens is 306 g/mol. The predicted molar refractivity (Wildman–Crippen MR) is 103 cm³/mol. The van der Waals surface area contributed by atoms with Crippen LogP contribution in [-0.4, -0.2) is 24.6 Å². The second kappa shape index (κ2) is 6.94. The van der Waals surface area contributed by atoms with Crippen LogP contribution in [0.2, 0.25) is 0 Å². The van der Waals surface area contributed by atoms with Crippen molar-refractivity contribution in [2.24, 2.45) is 0 Å². The first-order chi connectivity index (χ1) is 12.3. The maximum Gasteiger partial charge on any atom is 0.149 e. The van der Waals surface area contributed by atoms with Gasteiger partial charge in [0.05, 0.1) is 0 Å². The summed E-state index contributed by atoms with van der Waals surface area (Å²) in [4.78, 5) is 2.67. The quantitative estimate of drug-likeness (QED) is 0.758. The van der Waals surface area contributed by atoms with Crippen LogP contribution >= 0.6 is 0 Å². The molecule has 0 bridgehead atoms. The maximum absolute atomic E-state index is 6.02. The fourth-order valence-corrected chi connectivity index (χ4v) is 4.40. The highest BCUT2D eigenvalue weighted by atomic mass is 16.5. The van der Waals surface area contributed by atoms with Crippen LogP contribution in [0.4, 0.5) is 0 Å². The molecule has 1 aliphatic carbocycles. The molecule has 4 rings (SSSR count). The molecular formula is C23H25NO. The van der Waals surface area contributed by atoms with Crippen LogP contribution in [0, 0.1) is 11.8 Å². The van der Waals surface area contributed by atoms with Gasteiger partial charge in [-0.05, 0) is 61.1 Å². The van der Waals surface area contributed by atoms with Gasteiger partial charge in [-0.3, -0.25) is 4.90 Å². The molecule has 2 nitrogen and oxygen atoms in total. The lowest BCUT2D eigenvalue weighted by molar-refractivity contribution is 0.183. The summed E-state index contributed by atoms with van der Waals surface area (Å²) in [6, 6.07) is 13.8. The zero-order valence-electron chi connectivity index (χ0n) is 15.1. The van der Waals surface area contributed by atoms with Gasteiger partial charge in [-0.1, -0.05) is 43.2 Å². The third-order valence-electron chi connectivity index (χ3n) is 5.42. The number of hydrogen-bond donors (Lipinski definition) is 0. The Kier molecular flexibility index (Phi) is 4.51. The number of ether oxygens (including phenoxy) is 1. The van der Waals surface area contributed by atoms with Gasteiger partial charge in [0.25, 0.3) is 0 Å². The molecule has 2 aromatic carbocycles. The summed E-state index contributed by atoms with van der Waals surface area (Å²) in [6.07, 6.45) is 3.44. The summed E-state index contributed by atoms with van der Waals surface area (Å²) in [5.74, 6) is 6.90. The standard InChI is InChI=1S/C23H25NO/c1-3-5-15-25-21-11-7-9-18-16-20-22-17(12-14-24(20)13-4-2)8-6-10-19(22)23(18)21/h6-11,20H,4,12-16H2,1-2H3. The second-order valence-corrected chi connectivity index (χ2v) is 6.89. The van der Waals surface area contributed by atoms with Gasteiger partial charge >= 0.3 is 0 Å². The van der Waals surface area contributed by atoms with E-state index in [1.165, 1.54) is 47.3 Å². The molecule has 0 fully saturated rings. The minimum absolute atomic E-state index is 0.452. The summed E-state index contributed by atoms with van der Waals surface area (Å²) in [5.41, 5.74) is 7.10. The maximum atomic E-state index is 6.02. The highest BCUT2D eigenvalue weighted by Crippen LogP contribution is 2.48.